The molecule has 3 rings (SSSR count). The van der Waals surface area contributed by atoms with E-state index >= 15 is 0 Å². The van der Waals surface area contributed by atoms with Gasteiger partial charge in [0.2, 0.25) is 0 Å². The zero-order valence-electron chi connectivity index (χ0n) is 14.3. The van der Waals surface area contributed by atoms with Crippen molar-refractivity contribution in [3.8, 4) is 5.82 Å². The first-order valence-electron chi connectivity index (χ1n) is 7.82. The smallest absolute Gasteiger partial charge is 0.322 e. The Bertz CT molecular complexity index is 997. The number of halogens is 4. The zero-order chi connectivity index (χ0) is 19.8. The Labute approximate surface area is 157 Å². The number of carbonyl (C=O) groups excluding carboxylic acids is 1. The van der Waals surface area contributed by atoms with Gasteiger partial charge in [0.25, 0.3) is 5.91 Å². The maximum Gasteiger partial charge on any atom is 0.417 e. The molecule has 1 aromatic carbocycles. The molecular weight excluding hydrogens is 381 g/mol. The van der Waals surface area contributed by atoms with Gasteiger partial charge in [0.15, 0.2) is 5.82 Å². The van der Waals surface area contributed by atoms with E-state index in [0.717, 1.165) is 17.8 Å². The number of anilines is 1. The van der Waals surface area contributed by atoms with E-state index in [9.17, 15) is 18.0 Å². The van der Waals surface area contributed by atoms with Gasteiger partial charge in [0.1, 0.15) is 0 Å². The van der Waals surface area contributed by atoms with Crippen molar-refractivity contribution in [2.75, 3.05) is 5.32 Å². The van der Waals surface area contributed by atoms with Gasteiger partial charge in [-0.25, -0.2) is 9.67 Å². The number of aryl methyl sites for hydroxylation is 1. The lowest BCUT2D eigenvalue weighted by Crippen LogP contribution is -2.14. The van der Waals surface area contributed by atoms with Crippen molar-refractivity contribution in [2.45, 2.75) is 20.0 Å². The Morgan fingerprint density at radius 3 is 2.52 bits per heavy atom. The number of aromatic nitrogens is 3. The molecule has 3 aromatic rings. The topological polar surface area (TPSA) is 59.8 Å². The molecule has 9 heteroatoms. The summed E-state index contributed by atoms with van der Waals surface area (Å²) in [6.45, 7) is 3.46. The molecule has 0 aliphatic rings. The molecule has 5 nitrogen and oxygen atoms in total. The predicted octanol–water partition coefficient (Wildman–Crippen LogP) is 4.81. The summed E-state index contributed by atoms with van der Waals surface area (Å²) in [5.74, 6) is -0.227. The molecule has 1 N–H and O–H groups in total. The highest BCUT2D eigenvalue weighted by Crippen LogP contribution is 2.29. The van der Waals surface area contributed by atoms with E-state index in [2.05, 4.69) is 15.4 Å². The molecule has 0 radical (unpaired) electrons. The fourth-order valence-electron chi connectivity index (χ4n) is 2.46. The number of amides is 1. The first-order chi connectivity index (χ1) is 12.7. The third-order valence-electron chi connectivity index (χ3n) is 3.99. The van der Waals surface area contributed by atoms with Crippen LogP contribution in [0.3, 0.4) is 0 Å². The van der Waals surface area contributed by atoms with Gasteiger partial charge in [-0.2, -0.15) is 18.3 Å². The van der Waals surface area contributed by atoms with Gasteiger partial charge in [0, 0.05) is 16.9 Å². The third kappa shape index (κ3) is 3.95. The second-order valence-electron chi connectivity index (χ2n) is 5.87. The summed E-state index contributed by atoms with van der Waals surface area (Å²) in [4.78, 5) is 16.3. The predicted molar refractivity (Wildman–Crippen MR) is 95.2 cm³/mol. The number of hydrogen-bond acceptors (Lipinski definition) is 3. The lowest BCUT2D eigenvalue weighted by Gasteiger charge is -2.10. The highest BCUT2D eigenvalue weighted by molar-refractivity contribution is 6.31. The minimum atomic E-state index is -4.47. The maximum absolute atomic E-state index is 12.7. The van der Waals surface area contributed by atoms with Crippen molar-refractivity contribution in [2.24, 2.45) is 0 Å². The van der Waals surface area contributed by atoms with E-state index in [0.29, 0.717) is 16.4 Å². The number of carbonyl (C=O) groups is 1. The van der Waals surface area contributed by atoms with Gasteiger partial charge in [-0.05, 0) is 43.7 Å². The van der Waals surface area contributed by atoms with Crippen molar-refractivity contribution in [3.05, 3.63) is 70.1 Å². The van der Waals surface area contributed by atoms with Crippen LogP contribution < -0.4 is 5.32 Å². The Hall–Kier alpha value is -2.87. The Balaban J connectivity index is 1.86. The van der Waals surface area contributed by atoms with Gasteiger partial charge in [0.05, 0.1) is 23.0 Å². The highest BCUT2D eigenvalue weighted by Gasteiger charge is 2.30. The zero-order valence-corrected chi connectivity index (χ0v) is 15.1. The molecule has 0 aliphatic carbocycles. The SMILES string of the molecule is Cc1ccc(Cl)cc1NC(=O)c1cnn(-c2ccc(C(F)(F)F)cn2)c1C. The van der Waals surface area contributed by atoms with E-state index < -0.39 is 17.6 Å². The van der Waals surface area contributed by atoms with Crippen LogP contribution in [0, 0.1) is 13.8 Å². The highest BCUT2D eigenvalue weighted by atomic mass is 35.5. The lowest BCUT2D eigenvalue weighted by atomic mass is 10.2. The molecule has 2 heterocycles. The number of benzene rings is 1. The summed E-state index contributed by atoms with van der Waals surface area (Å²) < 4.78 is 39.3. The third-order valence-corrected chi connectivity index (χ3v) is 4.23. The van der Waals surface area contributed by atoms with Crippen molar-refractivity contribution in [3.63, 3.8) is 0 Å². The summed E-state index contributed by atoms with van der Waals surface area (Å²) in [6, 6.07) is 7.24. The minimum Gasteiger partial charge on any atom is -0.322 e. The molecule has 1 amide bonds. The number of nitrogens with one attached hydrogen (secondary N) is 1. The van der Waals surface area contributed by atoms with Crippen molar-refractivity contribution in [1.82, 2.24) is 14.8 Å². The average Bonchev–Trinajstić information content (AvgIpc) is 2.99. The van der Waals surface area contributed by atoms with Crippen LogP contribution in [-0.2, 0) is 6.18 Å². The molecular formula is C18H14ClF3N4O. The molecule has 0 bridgehead atoms. The summed E-state index contributed by atoms with van der Waals surface area (Å²) in [6.07, 6.45) is -2.40. The van der Waals surface area contributed by atoms with Crippen LogP contribution in [0.15, 0.2) is 42.7 Å². The lowest BCUT2D eigenvalue weighted by molar-refractivity contribution is -0.137. The monoisotopic (exact) mass is 394 g/mol. The van der Waals surface area contributed by atoms with E-state index in [1.807, 2.05) is 6.92 Å². The number of alkyl halides is 3. The fourth-order valence-corrected chi connectivity index (χ4v) is 2.63. The summed E-state index contributed by atoms with van der Waals surface area (Å²) in [5.41, 5.74) is 1.26. The van der Waals surface area contributed by atoms with Gasteiger partial charge in [-0.3, -0.25) is 4.79 Å². The Kier molecular flexibility index (Phi) is 4.93. The summed E-state index contributed by atoms with van der Waals surface area (Å²) in [7, 11) is 0. The molecule has 0 atom stereocenters. The molecule has 0 saturated heterocycles. The van der Waals surface area contributed by atoms with Crippen molar-refractivity contribution >= 4 is 23.2 Å². The van der Waals surface area contributed by atoms with Crippen LogP contribution in [0.1, 0.15) is 27.2 Å². The van der Waals surface area contributed by atoms with E-state index in [4.69, 9.17) is 11.6 Å². The number of nitrogens with zero attached hydrogens (tertiary/aromatic N) is 3. The van der Waals surface area contributed by atoms with Crippen LogP contribution in [0.5, 0.6) is 0 Å². The minimum absolute atomic E-state index is 0.179. The molecule has 2 aromatic heterocycles. The van der Waals surface area contributed by atoms with E-state index in [-0.39, 0.29) is 11.4 Å². The second kappa shape index (κ2) is 7.03. The first-order valence-corrected chi connectivity index (χ1v) is 8.20. The quantitative estimate of drug-likeness (QED) is 0.693. The van der Waals surface area contributed by atoms with Gasteiger partial charge in [-0.15, -0.1) is 0 Å². The van der Waals surface area contributed by atoms with Crippen LogP contribution in [-0.4, -0.2) is 20.7 Å². The number of pyridine rings is 1. The van der Waals surface area contributed by atoms with Crippen LogP contribution in [0.4, 0.5) is 18.9 Å². The van der Waals surface area contributed by atoms with Crippen molar-refractivity contribution in [1.29, 1.82) is 0 Å². The van der Waals surface area contributed by atoms with E-state index in [1.54, 1.807) is 25.1 Å². The first kappa shape index (κ1) is 18.9. The fraction of sp³-hybridized carbons (Fsp3) is 0.167. The molecule has 0 fully saturated rings. The molecule has 0 saturated carbocycles. The average molecular weight is 395 g/mol. The van der Waals surface area contributed by atoms with Gasteiger partial charge >= 0.3 is 6.18 Å². The Morgan fingerprint density at radius 2 is 1.89 bits per heavy atom. The van der Waals surface area contributed by atoms with Gasteiger partial charge < -0.3 is 5.32 Å². The number of hydrogen-bond donors (Lipinski definition) is 1. The Morgan fingerprint density at radius 1 is 1.15 bits per heavy atom. The second-order valence-corrected chi connectivity index (χ2v) is 6.31. The van der Waals surface area contributed by atoms with Crippen LogP contribution in [0.2, 0.25) is 5.02 Å². The molecule has 0 spiro atoms. The molecule has 0 unspecified atom stereocenters. The van der Waals surface area contributed by atoms with Gasteiger partial charge in [-0.1, -0.05) is 17.7 Å². The summed E-state index contributed by atoms with van der Waals surface area (Å²) in [5, 5.41) is 7.31. The molecule has 27 heavy (non-hydrogen) atoms. The molecule has 0 aliphatic heterocycles. The van der Waals surface area contributed by atoms with Crippen LogP contribution >= 0.6 is 11.6 Å². The van der Waals surface area contributed by atoms with Crippen LogP contribution in [0.25, 0.3) is 5.82 Å². The largest absolute Gasteiger partial charge is 0.417 e. The summed E-state index contributed by atoms with van der Waals surface area (Å²) >= 11 is 5.95. The molecule has 140 valence electrons. The number of rotatable bonds is 3. The standard InChI is InChI=1S/C18H14ClF3N4O/c1-10-3-5-13(19)7-15(10)25-17(27)14-9-24-26(11(14)2)16-6-4-12(8-23-16)18(20,21)22/h3-9H,1-2H3,(H,25,27). The van der Waals surface area contributed by atoms with Crippen molar-refractivity contribution < 1.29 is 18.0 Å². The maximum atomic E-state index is 12.7. The van der Waals surface area contributed by atoms with E-state index in [1.165, 1.54) is 16.9 Å². The normalized spacial score (nSPS) is 11.5.